The molecule has 0 aliphatic carbocycles. The molecule has 1 heterocycles. The predicted molar refractivity (Wildman–Crippen MR) is 114 cm³/mol. The van der Waals surface area contributed by atoms with Crippen LogP contribution in [0.3, 0.4) is 0 Å². The van der Waals surface area contributed by atoms with Gasteiger partial charge in [-0.25, -0.2) is 9.18 Å². The van der Waals surface area contributed by atoms with Gasteiger partial charge >= 0.3 is 5.97 Å². The highest BCUT2D eigenvalue weighted by Crippen LogP contribution is 2.23. The highest BCUT2D eigenvalue weighted by molar-refractivity contribution is 5.97. The molecule has 2 aromatic carbocycles. The Morgan fingerprint density at radius 2 is 1.81 bits per heavy atom. The monoisotopic (exact) mass is 428 g/mol. The van der Waals surface area contributed by atoms with E-state index in [1.165, 1.54) is 30.3 Å². The van der Waals surface area contributed by atoms with Gasteiger partial charge in [-0.15, -0.1) is 0 Å². The molecule has 1 saturated heterocycles. The van der Waals surface area contributed by atoms with E-state index in [1.54, 1.807) is 6.07 Å². The van der Waals surface area contributed by atoms with Gasteiger partial charge in [-0.3, -0.25) is 9.59 Å². The number of piperazine rings is 1. The Kier molecular flexibility index (Phi) is 7.19. The molecule has 1 aliphatic heterocycles. The van der Waals surface area contributed by atoms with E-state index >= 15 is 0 Å². The molecule has 0 spiro atoms. The van der Waals surface area contributed by atoms with Crippen molar-refractivity contribution in [2.24, 2.45) is 5.73 Å². The minimum Gasteiger partial charge on any atom is -0.423 e. The number of nitrogens with zero attached hydrogens (tertiary/aromatic N) is 2. The van der Waals surface area contributed by atoms with Crippen molar-refractivity contribution in [3.05, 3.63) is 59.4 Å². The van der Waals surface area contributed by atoms with E-state index in [1.807, 2.05) is 4.90 Å². The summed E-state index contributed by atoms with van der Waals surface area (Å²) < 4.78 is 20.0. The normalized spacial score (nSPS) is 14.2. The third kappa shape index (κ3) is 5.79. The molecule has 0 atom stereocenters. The topological polar surface area (TPSA) is 105 Å². The van der Waals surface area contributed by atoms with Gasteiger partial charge in [0.15, 0.2) is 0 Å². The molecule has 3 N–H and O–H groups in total. The Hall–Kier alpha value is -3.46. The summed E-state index contributed by atoms with van der Waals surface area (Å²) in [5.74, 6) is -2.31. The van der Waals surface area contributed by atoms with E-state index in [9.17, 15) is 18.8 Å². The molecule has 0 bridgehead atoms. The largest absolute Gasteiger partial charge is 0.423 e. The zero-order chi connectivity index (χ0) is 22.4. The lowest BCUT2D eigenvalue weighted by Gasteiger charge is -2.35. The third-order valence-corrected chi connectivity index (χ3v) is 5.07. The van der Waals surface area contributed by atoms with Gasteiger partial charge in [-0.2, -0.15) is 0 Å². The molecule has 3 rings (SSSR count). The highest BCUT2D eigenvalue weighted by atomic mass is 19.1. The molecule has 2 aromatic rings. The maximum Gasteiger partial charge on any atom is 0.343 e. The first-order chi connectivity index (χ1) is 14.9. The van der Waals surface area contributed by atoms with Crippen molar-refractivity contribution in [2.75, 3.05) is 44.2 Å². The fraction of sp³-hybridized carbons (Fsp3) is 0.318. The average molecular weight is 428 g/mol. The Bertz CT molecular complexity index is 974. The van der Waals surface area contributed by atoms with Crippen LogP contribution in [0.5, 0.6) is 5.75 Å². The van der Waals surface area contributed by atoms with Gasteiger partial charge in [0, 0.05) is 31.7 Å². The van der Waals surface area contributed by atoms with Gasteiger partial charge in [0.25, 0.3) is 5.91 Å². The van der Waals surface area contributed by atoms with Crippen molar-refractivity contribution in [1.82, 2.24) is 10.2 Å². The Morgan fingerprint density at radius 3 is 2.45 bits per heavy atom. The Labute approximate surface area is 179 Å². The fourth-order valence-electron chi connectivity index (χ4n) is 3.33. The molecule has 164 valence electrons. The van der Waals surface area contributed by atoms with Gasteiger partial charge < -0.3 is 25.6 Å². The van der Waals surface area contributed by atoms with E-state index < -0.39 is 23.6 Å². The molecular formula is C22H25FN4O4. The summed E-state index contributed by atoms with van der Waals surface area (Å²) in [7, 11) is 0. The molecule has 1 aliphatic rings. The van der Waals surface area contributed by atoms with Crippen LogP contribution in [-0.2, 0) is 4.79 Å². The number of carbonyl (C=O) groups excluding carboxylic acids is 3. The van der Waals surface area contributed by atoms with E-state index in [0.717, 1.165) is 38.8 Å². The van der Waals surface area contributed by atoms with Gasteiger partial charge in [0.2, 0.25) is 5.91 Å². The number of rotatable bonds is 7. The van der Waals surface area contributed by atoms with E-state index in [0.29, 0.717) is 5.69 Å². The summed E-state index contributed by atoms with van der Waals surface area (Å²) in [6, 6.07) is 10.2. The molecule has 0 unspecified atom stereocenters. The van der Waals surface area contributed by atoms with Crippen LogP contribution >= 0.6 is 0 Å². The van der Waals surface area contributed by atoms with Crippen LogP contribution in [0.25, 0.3) is 0 Å². The van der Waals surface area contributed by atoms with E-state index in [2.05, 4.69) is 17.1 Å². The van der Waals surface area contributed by atoms with Gasteiger partial charge in [-0.1, -0.05) is 13.0 Å². The van der Waals surface area contributed by atoms with Crippen molar-refractivity contribution >= 4 is 23.5 Å². The second-order valence-corrected chi connectivity index (χ2v) is 7.15. The molecule has 9 heteroatoms. The minimum absolute atomic E-state index is 0.0667. The first-order valence-electron chi connectivity index (χ1n) is 10.0. The highest BCUT2D eigenvalue weighted by Gasteiger charge is 2.20. The van der Waals surface area contributed by atoms with Crippen LogP contribution in [0, 0.1) is 5.82 Å². The van der Waals surface area contributed by atoms with Crippen LogP contribution in [0.4, 0.5) is 10.1 Å². The second kappa shape index (κ2) is 10.0. The summed E-state index contributed by atoms with van der Waals surface area (Å²) in [6.45, 7) is 5.93. The maximum atomic E-state index is 14.7. The third-order valence-electron chi connectivity index (χ3n) is 5.07. The standard InChI is InChI=1S/C22H25FN4O4/c1-2-26-8-10-27(11-9-26)19-7-6-16(13-18(19)23)22(30)31-17-5-3-4-15(12-17)21(29)25-14-20(24)28/h3-7,12-13H,2,8-11,14H2,1H3,(H2,24,28)(H,25,29). The summed E-state index contributed by atoms with van der Waals surface area (Å²) in [5.41, 5.74) is 5.72. The quantitative estimate of drug-likeness (QED) is 0.510. The summed E-state index contributed by atoms with van der Waals surface area (Å²) in [4.78, 5) is 39.5. The number of hydrogen-bond donors (Lipinski definition) is 2. The van der Waals surface area contributed by atoms with Crippen LogP contribution in [0.2, 0.25) is 0 Å². The molecule has 8 nitrogen and oxygen atoms in total. The molecule has 2 amide bonds. The molecule has 0 radical (unpaired) electrons. The van der Waals surface area contributed by atoms with E-state index in [-0.39, 0.29) is 23.4 Å². The number of anilines is 1. The van der Waals surface area contributed by atoms with Crippen LogP contribution in [0.1, 0.15) is 27.6 Å². The lowest BCUT2D eigenvalue weighted by atomic mass is 10.1. The van der Waals surface area contributed by atoms with Gasteiger partial charge in [0.1, 0.15) is 11.6 Å². The van der Waals surface area contributed by atoms with Crippen molar-refractivity contribution in [1.29, 1.82) is 0 Å². The number of ether oxygens (including phenoxy) is 1. The Morgan fingerprint density at radius 1 is 1.06 bits per heavy atom. The zero-order valence-corrected chi connectivity index (χ0v) is 17.3. The summed E-state index contributed by atoms with van der Waals surface area (Å²) >= 11 is 0. The predicted octanol–water partition coefficient (Wildman–Crippen LogP) is 1.40. The van der Waals surface area contributed by atoms with Crippen molar-refractivity contribution < 1.29 is 23.5 Å². The summed E-state index contributed by atoms with van der Waals surface area (Å²) in [6.07, 6.45) is 0. The first-order valence-corrected chi connectivity index (χ1v) is 10.0. The molecular weight excluding hydrogens is 403 g/mol. The Balaban J connectivity index is 1.66. The van der Waals surface area contributed by atoms with Crippen molar-refractivity contribution in [2.45, 2.75) is 6.92 Å². The number of benzene rings is 2. The first kappa shape index (κ1) is 22.2. The van der Waals surface area contributed by atoms with Crippen LogP contribution < -0.4 is 20.7 Å². The SMILES string of the molecule is CCN1CCN(c2ccc(C(=O)Oc3cccc(C(=O)NCC(N)=O)c3)cc2F)CC1. The zero-order valence-electron chi connectivity index (χ0n) is 17.3. The van der Waals surface area contributed by atoms with Crippen molar-refractivity contribution in [3.63, 3.8) is 0 Å². The molecule has 31 heavy (non-hydrogen) atoms. The molecule has 0 aromatic heterocycles. The number of nitrogens with one attached hydrogen (secondary N) is 1. The minimum atomic E-state index is -0.740. The lowest BCUT2D eigenvalue weighted by molar-refractivity contribution is -0.117. The lowest BCUT2D eigenvalue weighted by Crippen LogP contribution is -2.46. The van der Waals surface area contributed by atoms with Gasteiger partial charge in [-0.05, 0) is 42.9 Å². The number of nitrogens with two attached hydrogens (primary N) is 1. The smallest absolute Gasteiger partial charge is 0.343 e. The number of hydrogen-bond acceptors (Lipinski definition) is 6. The second-order valence-electron chi connectivity index (χ2n) is 7.15. The number of halogens is 1. The number of esters is 1. The van der Waals surface area contributed by atoms with Crippen LogP contribution in [0.15, 0.2) is 42.5 Å². The number of primary amides is 1. The maximum absolute atomic E-state index is 14.7. The summed E-state index contributed by atoms with van der Waals surface area (Å²) in [5, 5.41) is 2.35. The number of amides is 2. The van der Waals surface area contributed by atoms with Crippen molar-refractivity contribution in [3.8, 4) is 5.75 Å². The number of carbonyl (C=O) groups is 3. The molecule has 1 fully saturated rings. The average Bonchev–Trinajstić information content (AvgIpc) is 2.77. The van der Waals surface area contributed by atoms with E-state index in [4.69, 9.17) is 10.5 Å². The molecule has 0 saturated carbocycles. The fourth-order valence-corrected chi connectivity index (χ4v) is 3.33. The number of likely N-dealkylation sites (N-methyl/N-ethyl adjacent to an activating group) is 1. The van der Waals surface area contributed by atoms with Crippen LogP contribution in [-0.4, -0.2) is 62.0 Å². The van der Waals surface area contributed by atoms with Gasteiger partial charge in [0.05, 0.1) is 17.8 Å².